The number of benzene rings is 2. The van der Waals surface area contributed by atoms with E-state index in [1.165, 1.54) is 16.4 Å². The van der Waals surface area contributed by atoms with Crippen LogP contribution in [0.4, 0.5) is 16.2 Å². The second kappa shape index (κ2) is 8.66. The van der Waals surface area contributed by atoms with E-state index in [1.807, 2.05) is 0 Å². The summed E-state index contributed by atoms with van der Waals surface area (Å²) >= 11 is 9.39. The molecule has 8 nitrogen and oxygen atoms in total. The van der Waals surface area contributed by atoms with E-state index in [0.29, 0.717) is 23.2 Å². The van der Waals surface area contributed by atoms with Crippen molar-refractivity contribution in [3.8, 4) is 5.75 Å². The van der Waals surface area contributed by atoms with E-state index in [0.717, 1.165) is 0 Å². The van der Waals surface area contributed by atoms with Crippen LogP contribution >= 0.6 is 27.5 Å². The third kappa shape index (κ3) is 4.41. The molecule has 0 aliphatic carbocycles. The second-order valence-corrected chi connectivity index (χ2v) is 9.12. The van der Waals surface area contributed by atoms with Crippen molar-refractivity contribution in [2.45, 2.75) is 4.90 Å². The number of sulfonamides is 1. The highest BCUT2D eigenvalue weighted by Gasteiger charge is 2.32. The van der Waals surface area contributed by atoms with Crippen LogP contribution in [-0.2, 0) is 10.0 Å². The van der Waals surface area contributed by atoms with Crippen LogP contribution in [-0.4, -0.2) is 50.0 Å². The Morgan fingerprint density at radius 1 is 1.11 bits per heavy atom. The molecular weight excluding hydrogens is 472 g/mol. The standard InChI is InChI=1S/C17H18BrClN4O4S/c18-11-3-1-2-4-13(11)21-17(25)22-14-6-5-12(19)16(15(14)24)28(26,27)23-9-7-20-8-10-23/h1-6,20,24H,7-10H2,(H2,21,22,25). The van der Waals surface area contributed by atoms with Gasteiger partial charge in [0.2, 0.25) is 10.0 Å². The van der Waals surface area contributed by atoms with Gasteiger partial charge in [-0.05, 0) is 40.2 Å². The Labute approximate surface area is 176 Å². The summed E-state index contributed by atoms with van der Waals surface area (Å²) in [6.45, 7) is 1.53. The van der Waals surface area contributed by atoms with Crippen molar-refractivity contribution in [2.75, 3.05) is 36.8 Å². The van der Waals surface area contributed by atoms with Gasteiger partial charge in [-0.3, -0.25) is 0 Å². The van der Waals surface area contributed by atoms with Gasteiger partial charge in [0.15, 0.2) is 5.75 Å². The number of phenolic OH excluding ortho intramolecular Hbond substituents is 1. The van der Waals surface area contributed by atoms with Gasteiger partial charge in [-0.2, -0.15) is 4.31 Å². The molecule has 28 heavy (non-hydrogen) atoms. The molecule has 1 fully saturated rings. The number of halogens is 2. The van der Waals surface area contributed by atoms with Crippen molar-refractivity contribution in [1.82, 2.24) is 9.62 Å². The second-order valence-electron chi connectivity index (χ2n) is 5.99. The predicted octanol–water partition coefficient (Wildman–Crippen LogP) is 3.05. The van der Waals surface area contributed by atoms with Gasteiger partial charge in [0.25, 0.3) is 0 Å². The molecule has 0 spiro atoms. The van der Waals surface area contributed by atoms with Crippen LogP contribution < -0.4 is 16.0 Å². The minimum absolute atomic E-state index is 0.0670. The minimum atomic E-state index is -4.02. The quantitative estimate of drug-likeness (QED) is 0.493. The molecule has 0 unspecified atom stereocenters. The monoisotopic (exact) mass is 488 g/mol. The highest BCUT2D eigenvalue weighted by molar-refractivity contribution is 9.10. The average Bonchev–Trinajstić information content (AvgIpc) is 2.66. The summed E-state index contributed by atoms with van der Waals surface area (Å²) < 4.78 is 27.8. The molecule has 4 N–H and O–H groups in total. The Kier molecular flexibility index (Phi) is 6.46. The van der Waals surface area contributed by atoms with Crippen molar-refractivity contribution < 1.29 is 18.3 Å². The molecular formula is C17H18BrClN4O4S. The molecule has 150 valence electrons. The largest absolute Gasteiger partial charge is 0.504 e. The summed E-state index contributed by atoms with van der Waals surface area (Å²) in [5, 5.41) is 18.6. The molecule has 1 saturated heterocycles. The van der Waals surface area contributed by atoms with Crippen LogP contribution in [0, 0.1) is 0 Å². The number of carbonyl (C=O) groups is 1. The number of phenols is 1. The maximum atomic E-state index is 12.9. The number of urea groups is 1. The number of hydrogen-bond acceptors (Lipinski definition) is 5. The van der Waals surface area contributed by atoms with E-state index in [-0.39, 0.29) is 23.8 Å². The van der Waals surface area contributed by atoms with Gasteiger partial charge in [0, 0.05) is 30.7 Å². The Morgan fingerprint density at radius 3 is 2.43 bits per heavy atom. The number of hydrogen-bond donors (Lipinski definition) is 4. The van der Waals surface area contributed by atoms with Crippen molar-refractivity contribution in [2.24, 2.45) is 0 Å². The van der Waals surface area contributed by atoms with Crippen LogP contribution in [0.1, 0.15) is 0 Å². The van der Waals surface area contributed by atoms with E-state index < -0.39 is 26.7 Å². The van der Waals surface area contributed by atoms with Gasteiger partial charge in [-0.15, -0.1) is 0 Å². The van der Waals surface area contributed by atoms with E-state index in [2.05, 4.69) is 31.9 Å². The lowest BCUT2D eigenvalue weighted by Crippen LogP contribution is -2.46. The zero-order chi connectivity index (χ0) is 20.3. The Hall–Kier alpha value is -1.85. The van der Waals surface area contributed by atoms with Gasteiger partial charge < -0.3 is 21.1 Å². The molecule has 3 rings (SSSR count). The van der Waals surface area contributed by atoms with E-state index >= 15 is 0 Å². The lowest BCUT2D eigenvalue weighted by molar-refractivity contribution is 0.262. The summed E-state index contributed by atoms with van der Waals surface area (Å²) in [4.78, 5) is 11.9. The molecule has 0 radical (unpaired) electrons. The smallest absolute Gasteiger partial charge is 0.323 e. The molecule has 0 atom stereocenters. The van der Waals surface area contributed by atoms with Gasteiger partial charge in [-0.25, -0.2) is 13.2 Å². The summed E-state index contributed by atoms with van der Waals surface area (Å²) in [6, 6.07) is 9.01. The van der Waals surface area contributed by atoms with E-state index in [1.54, 1.807) is 24.3 Å². The molecule has 1 aliphatic rings. The molecule has 1 aliphatic heterocycles. The first-order valence-corrected chi connectivity index (χ1v) is 11.0. The lowest BCUT2D eigenvalue weighted by atomic mass is 10.3. The predicted molar refractivity (Wildman–Crippen MR) is 112 cm³/mol. The summed E-state index contributed by atoms with van der Waals surface area (Å²) in [7, 11) is -4.02. The van der Waals surface area contributed by atoms with Crippen LogP contribution in [0.3, 0.4) is 0 Å². The topological polar surface area (TPSA) is 111 Å². The molecule has 11 heteroatoms. The first-order chi connectivity index (χ1) is 13.3. The third-order valence-corrected chi connectivity index (χ3v) is 7.22. The van der Waals surface area contributed by atoms with Crippen molar-refractivity contribution in [3.63, 3.8) is 0 Å². The number of carbonyl (C=O) groups excluding carboxylic acids is 1. The lowest BCUT2D eigenvalue weighted by Gasteiger charge is -2.27. The van der Waals surface area contributed by atoms with E-state index in [9.17, 15) is 18.3 Å². The van der Waals surface area contributed by atoms with Gasteiger partial charge in [0.1, 0.15) is 4.90 Å². The minimum Gasteiger partial charge on any atom is -0.504 e. The zero-order valence-electron chi connectivity index (χ0n) is 14.6. The Balaban J connectivity index is 1.86. The van der Waals surface area contributed by atoms with Crippen LogP contribution in [0.5, 0.6) is 5.75 Å². The molecule has 2 aromatic rings. The van der Waals surface area contributed by atoms with Gasteiger partial charge in [0.05, 0.1) is 16.4 Å². The van der Waals surface area contributed by atoms with Crippen LogP contribution in [0.15, 0.2) is 45.8 Å². The highest BCUT2D eigenvalue weighted by atomic mass is 79.9. The maximum absolute atomic E-state index is 12.9. The number of piperazine rings is 1. The number of aromatic hydroxyl groups is 1. The van der Waals surface area contributed by atoms with Crippen molar-refractivity contribution >= 4 is 55.0 Å². The number of para-hydroxylation sites is 1. The average molecular weight is 490 g/mol. The molecule has 0 aromatic heterocycles. The molecule has 0 bridgehead atoms. The first kappa shape index (κ1) is 20.9. The fraction of sp³-hybridized carbons (Fsp3) is 0.235. The number of rotatable bonds is 4. The molecule has 2 amide bonds. The zero-order valence-corrected chi connectivity index (χ0v) is 17.7. The molecule has 1 heterocycles. The first-order valence-electron chi connectivity index (χ1n) is 8.35. The number of anilines is 2. The van der Waals surface area contributed by atoms with Gasteiger partial charge in [-0.1, -0.05) is 23.7 Å². The van der Waals surface area contributed by atoms with Crippen molar-refractivity contribution in [1.29, 1.82) is 0 Å². The normalized spacial score (nSPS) is 15.2. The SMILES string of the molecule is O=C(Nc1ccccc1Br)Nc1ccc(Cl)c(S(=O)(=O)N2CCNCC2)c1O. The van der Waals surface area contributed by atoms with Crippen LogP contribution in [0.2, 0.25) is 5.02 Å². The Bertz CT molecular complexity index is 997. The van der Waals surface area contributed by atoms with Gasteiger partial charge >= 0.3 is 6.03 Å². The molecule has 2 aromatic carbocycles. The maximum Gasteiger partial charge on any atom is 0.323 e. The summed E-state index contributed by atoms with van der Waals surface area (Å²) in [5.41, 5.74) is 0.449. The van der Waals surface area contributed by atoms with Crippen molar-refractivity contribution in [3.05, 3.63) is 45.9 Å². The number of nitrogens with zero attached hydrogens (tertiary/aromatic N) is 1. The van der Waals surface area contributed by atoms with E-state index in [4.69, 9.17) is 11.6 Å². The highest BCUT2D eigenvalue weighted by Crippen LogP contribution is 2.38. The third-order valence-electron chi connectivity index (χ3n) is 4.13. The molecule has 0 saturated carbocycles. The summed E-state index contributed by atoms with van der Waals surface area (Å²) in [5.74, 6) is -0.603. The Morgan fingerprint density at radius 2 is 1.75 bits per heavy atom. The summed E-state index contributed by atoms with van der Waals surface area (Å²) in [6.07, 6.45) is 0. The van der Waals surface area contributed by atoms with Crippen LogP contribution in [0.25, 0.3) is 0 Å². The number of nitrogens with one attached hydrogen (secondary N) is 3. The number of amides is 2. The fourth-order valence-electron chi connectivity index (χ4n) is 2.75. The fourth-order valence-corrected chi connectivity index (χ4v) is 5.16.